The van der Waals surface area contributed by atoms with E-state index in [9.17, 15) is 14.7 Å². The Balaban J connectivity index is 2.18. The molecule has 23 heavy (non-hydrogen) atoms. The molecule has 0 aliphatic carbocycles. The van der Waals surface area contributed by atoms with Crippen molar-refractivity contribution in [3.8, 4) is 0 Å². The monoisotopic (exact) mass is 339 g/mol. The summed E-state index contributed by atoms with van der Waals surface area (Å²) in [6.07, 6.45) is -2.12. The van der Waals surface area contributed by atoms with Crippen LogP contribution < -0.4 is 16.2 Å². The molecular formula is C11H13N7O4S. The maximum absolute atomic E-state index is 12.3. The molecule has 4 atom stereocenters. The number of H-pyrrole nitrogens is 1. The van der Waals surface area contributed by atoms with Gasteiger partial charge < -0.3 is 15.6 Å². The molecule has 1 fully saturated rings. The van der Waals surface area contributed by atoms with Gasteiger partial charge in [-0.05, 0) is 18.9 Å². The summed E-state index contributed by atoms with van der Waals surface area (Å²) >= 11 is 0.699. The predicted octanol–water partition coefficient (Wildman–Crippen LogP) is 0.0757. The molecule has 4 N–H and O–H groups in total. The first-order valence-electron chi connectivity index (χ1n) is 6.71. The number of nitrogens with one attached hydrogen (secondary N) is 1. The third kappa shape index (κ3) is 2.57. The van der Waals surface area contributed by atoms with Crippen LogP contribution >= 0.6 is 11.3 Å². The zero-order valence-corrected chi connectivity index (χ0v) is 12.7. The van der Waals surface area contributed by atoms with E-state index in [1.807, 2.05) is 0 Å². The molecule has 0 spiro atoms. The number of aliphatic hydroxyl groups is 1. The van der Waals surface area contributed by atoms with Gasteiger partial charge >= 0.3 is 4.87 Å². The van der Waals surface area contributed by atoms with Crippen LogP contribution in [0.2, 0.25) is 0 Å². The fourth-order valence-corrected chi connectivity index (χ4v) is 3.41. The lowest BCUT2D eigenvalue weighted by molar-refractivity contribution is -0.0542. The highest BCUT2D eigenvalue weighted by molar-refractivity contribution is 7.16. The van der Waals surface area contributed by atoms with Crippen molar-refractivity contribution in [2.75, 3.05) is 5.73 Å². The number of hydrogen-bond donors (Lipinski definition) is 3. The molecule has 1 unspecified atom stereocenters. The topological polar surface area (TPSA) is 172 Å². The number of nitrogens with zero attached hydrogens (tertiary/aromatic N) is 5. The number of hydrogen-bond acceptors (Lipinski definition) is 8. The van der Waals surface area contributed by atoms with Gasteiger partial charge in [0.15, 0.2) is 5.65 Å². The minimum absolute atomic E-state index is 0.0654. The number of ether oxygens (including phenoxy) is 1. The van der Waals surface area contributed by atoms with Crippen LogP contribution in [0.15, 0.2) is 14.7 Å². The minimum Gasteiger partial charge on any atom is -0.391 e. The second-order valence-corrected chi connectivity index (χ2v) is 6.12. The lowest BCUT2D eigenvalue weighted by Gasteiger charge is -2.17. The second-order valence-electron chi connectivity index (χ2n) is 5.16. The summed E-state index contributed by atoms with van der Waals surface area (Å²) in [5.74, 6) is -0.139. The van der Waals surface area contributed by atoms with Gasteiger partial charge in [-0.15, -0.1) is 0 Å². The lowest BCUT2D eigenvalue weighted by Crippen LogP contribution is -2.27. The summed E-state index contributed by atoms with van der Waals surface area (Å²) in [7, 11) is 0. The number of aromatic amines is 1. The highest BCUT2D eigenvalue weighted by Crippen LogP contribution is 2.34. The normalized spacial score (nSPS) is 25.4. The number of nitrogens with two attached hydrogens (primary N) is 1. The first-order valence-corrected chi connectivity index (χ1v) is 7.52. The number of rotatable bonds is 3. The van der Waals surface area contributed by atoms with Gasteiger partial charge in [0.25, 0.3) is 5.56 Å². The van der Waals surface area contributed by atoms with Crippen molar-refractivity contribution in [3.63, 3.8) is 0 Å². The molecule has 1 saturated heterocycles. The molecule has 1 aliphatic rings. The van der Waals surface area contributed by atoms with Crippen LogP contribution in [-0.2, 0) is 4.74 Å². The lowest BCUT2D eigenvalue weighted by atomic mass is 10.1. The van der Waals surface area contributed by atoms with E-state index in [-0.39, 0.29) is 22.7 Å². The standard InChI is InChI=1S/C11H13N7O4S/c1-3(19)5-2-4(16-17-13)9(22-5)18-7-6(23-11(18)21)8(20)15-10(12)14-7/h3-5,9,19H,2H2,1H3,(H3,12,14,15,20)/t3?,4-,5+,9-/m1/s1. The van der Waals surface area contributed by atoms with Crippen molar-refractivity contribution < 1.29 is 9.84 Å². The first-order chi connectivity index (χ1) is 10.9. The Morgan fingerprint density at radius 2 is 2.39 bits per heavy atom. The molecule has 3 rings (SSSR count). The Hall–Kier alpha value is -2.40. The van der Waals surface area contributed by atoms with Crippen LogP contribution in [0, 0.1) is 0 Å². The largest absolute Gasteiger partial charge is 0.391 e. The van der Waals surface area contributed by atoms with Crippen LogP contribution in [0.4, 0.5) is 5.95 Å². The van der Waals surface area contributed by atoms with Crippen molar-refractivity contribution >= 4 is 27.6 Å². The van der Waals surface area contributed by atoms with E-state index in [0.29, 0.717) is 11.3 Å². The van der Waals surface area contributed by atoms with Crippen molar-refractivity contribution in [3.05, 3.63) is 30.5 Å². The van der Waals surface area contributed by atoms with Crippen LogP contribution in [0.3, 0.4) is 0 Å². The van der Waals surface area contributed by atoms with Crippen LogP contribution in [0.1, 0.15) is 19.6 Å². The highest BCUT2D eigenvalue weighted by atomic mass is 32.1. The molecular weight excluding hydrogens is 326 g/mol. The zero-order chi connectivity index (χ0) is 16.7. The van der Waals surface area contributed by atoms with Gasteiger partial charge in [0.1, 0.15) is 10.9 Å². The van der Waals surface area contributed by atoms with Crippen LogP contribution in [0.5, 0.6) is 0 Å². The van der Waals surface area contributed by atoms with Crippen LogP contribution in [0.25, 0.3) is 20.8 Å². The van der Waals surface area contributed by atoms with E-state index in [1.54, 1.807) is 0 Å². The molecule has 122 valence electrons. The summed E-state index contributed by atoms with van der Waals surface area (Å²) in [5, 5.41) is 13.3. The Morgan fingerprint density at radius 1 is 1.65 bits per heavy atom. The zero-order valence-electron chi connectivity index (χ0n) is 11.9. The second kappa shape index (κ2) is 5.66. The van der Waals surface area contributed by atoms with Gasteiger partial charge in [0.05, 0.1) is 18.2 Å². The Morgan fingerprint density at radius 3 is 3.04 bits per heavy atom. The van der Waals surface area contributed by atoms with E-state index in [1.165, 1.54) is 6.92 Å². The minimum atomic E-state index is -0.958. The molecule has 2 aromatic rings. The van der Waals surface area contributed by atoms with Gasteiger partial charge in [-0.3, -0.25) is 19.1 Å². The molecule has 0 aromatic carbocycles. The van der Waals surface area contributed by atoms with E-state index < -0.39 is 34.9 Å². The molecule has 0 bridgehead atoms. The SMILES string of the molecule is CC(O)[C@@H]1C[C@@H](N=[N+]=[N-])[C@H](n2c(=O)sc3c(=O)[nH]c(N)nc32)O1. The van der Waals surface area contributed by atoms with E-state index in [2.05, 4.69) is 20.0 Å². The number of azide groups is 1. The van der Waals surface area contributed by atoms with Gasteiger partial charge in [0.2, 0.25) is 5.95 Å². The van der Waals surface area contributed by atoms with Crippen LogP contribution in [-0.4, -0.2) is 37.9 Å². The number of nitrogen functional groups attached to an aromatic ring is 1. The summed E-state index contributed by atoms with van der Waals surface area (Å²) in [6.45, 7) is 1.54. The van der Waals surface area contributed by atoms with E-state index >= 15 is 0 Å². The summed E-state index contributed by atoms with van der Waals surface area (Å²) in [6, 6.07) is -0.711. The molecule has 0 radical (unpaired) electrons. The summed E-state index contributed by atoms with van der Waals surface area (Å²) < 4.78 is 6.91. The third-order valence-electron chi connectivity index (χ3n) is 3.60. The van der Waals surface area contributed by atoms with Crippen molar-refractivity contribution in [2.24, 2.45) is 5.11 Å². The number of aromatic nitrogens is 3. The predicted molar refractivity (Wildman–Crippen MR) is 82.1 cm³/mol. The van der Waals surface area contributed by atoms with E-state index in [0.717, 1.165) is 4.57 Å². The molecule has 3 heterocycles. The summed E-state index contributed by atoms with van der Waals surface area (Å²) in [5.41, 5.74) is 13.8. The third-order valence-corrected chi connectivity index (χ3v) is 4.54. The van der Waals surface area contributed by atoms with Crippen molar-refractivity contribution in [2.45, 2.75) is 37.8 Å². The molecule has 0 saturated carbocycles. The van der Waals surface area contributed by atoms with Gasteiger partial charge in [-0.1, -0.05) is 16.5 Å². The number of anilines is 1. The fourth-order valence-electron chi connectivity index (χ4n) is 2.56. The number of fused-ring (bicyclic) bond motifs is 1. The van der Waals surface area contributed by atoms with E-state index in [4.69, 9.17) is 16.0 Å². The Labute approximate surface area is 132 Å². The quantitative estimate of drug-likeness (QED) is 0.405. The average molecular weight is 339 g/mol. The van der Waals surface area contributed by atoms with Gasteiger partial charge in [-0.25, -0.2) is 0 Å². The number of thiazole rings is 1. The molecule has 2 aromatic heterocycles. The smallest absolute Gasteiger partial charge is 0.311 e. The summed E-state index contributed by atoms with van der Waals surface area (Å²) in [4.78, 5) is 32.7. The number of aliphatic hydroxyl groups excluding tert-OH is 1. The van der Waals surface area contributed by atoms with Gasteiger partial charge in [0, 0.05) is 4.91 Å². The van der Waals surface area contributed by atoms with Crippen molar-refractivity contribution in [1.82, 2.24) is 14.5 Å². The van der Waals surface area contributed by atoms with Gasteiger partial charge in [-0.2, -0.15) is 4.98 Å². The highest BCUT2D eigenvalue weighted by Gasteiger charge is 2.40. The first kappa shape index (κ1) is 15.5. The maximum Gasteiger partial charge on any atom is 0.311 e. The average Bonchev–Trinajstić information content (AvgIpc) is 3.00. The molecule has 1 aliphatic heterocycles. The Kier molecular flexibility index (Phi) is 3.82. The molecule has 12 heteroatoms. The molecule has 0 amide bonds. The van der Waals surface area contributed by atoms with Crippen molar-refractivity contribution in [1.29, 1.82) is 0 Å². The maximum atomic E-state index is 12.3. The Bertz CT molecular complexity index is 909. The molecule has 11 nitrogen and oxygen atoms in total. The fraction of sp³-hybridized carbons (Fsp3) is 0.545.